The molecule has 7 heteroatoms. The lowest BCUT2D eigenvalue weighted by Gasteiger charge is -2.33. The Morgan fingerprint density at radius 1 is 1.30 bits per heavy atom. The monoisotopic (exact) mass is 353 g/mol. The van der Waals surface area contributed by atoms with Gasteiger partial charge in [-0.3, -0.25) is 4.79 Å². The largest absolute Gasteiger partial charge is 0.346 e. The number of benzene rings is 1. The standard InChI is InChI=1S/C16H17Cl2N3O2/c1-10-5-7-16(8-6-10)14(22)21(15(23)20-16)19-9-11-3-2-4-12(17)13(11)18/h2-4,9-10H,5-8H2,1H3,(H,20,23)/b19-9-. The van der Waals surface area contributed by atoms with Gasteiger partial charge in [0.1, 0.15) is 5.54 Å². The van der Waals surface area contributed by atoms with E-state index in [1.54, 1.807) is 18.2 Å². The molecule has 0 bridgehead atoms. The smallest absolute Gasteiger partial charge is 0.321 e. The number of imide groups is 1. The highest BCUT2D eigenvalue weighted by Gasteiger charge is 2.52. The third kappa shape index (κ3) is 2.95. The van der Waals surface area contributed by atoms with Crippen molar-refractivity contribution in [3.05, 3.63) is 33.8 Å². The van der Waals surface area contributed by atoms with E-state index in [0.717, 1.165) is 17.9 Å². The molecule has 1 saturated heterocycles. The molecule has 0 unspecified atom stereocenters. The highest BCUT2D eigenvalue weighted by molar-refractivity contribution is 6.43. The number of rotatable bonds is 2. The summed E-state index contributed by atoms with van der Waals surface area (Å²) >= 11 is 12.0. The second-order valence-electron chi connectivity index (χ2n) is 6.20. The van der Waals surface area contributed by atoms with E-state index in [1.165, 1.54) is 6.21 Å². The van der Waals surface area contributed by atoms with Crippen LogP contribution in [0.5, 0.6) is 0 Å². The third-order valence-electron chi connectivity index (χ3n) is 4.56. The summed E-state index contributed by atoms with van der Waals surface area (Å²) in [6.07, 6.45) is 4.54. The predicted molar refractivity (Wildman–Crippen MR) is 89.8 cm³/mol. The molecule has 1 aromatic carbocycles. The third-order valence-corrected chi connectivity index (χ3v) is 5.40. The molecule has 2 fully saturated rings. The Balaban J connectivity index is 1.81. The topological polar surface area (TPSA) is 61.8 Å². The summed E-state index contributed by atoms with van der Waals surface area (Å²) in [5, 5.41) is 8.48. The molecule has 0 aromatic heterocycles. The summed E-state index contributed by atoms with van der Waals surface area (Å²) in [5.74, 6) is 0.289. The minimum absolute atomic E-state index is 0.288. The second kappa shape index (κ2) is 6.13. The number of halogens is 2. The van der Waals surface area contributed by atoms with Crippen molar-refractivity contribution in [1.82, 2.24) is 10.3 Å². The molecule has 0 atom stereocenters. The number of nitrogens with one attached hydrogen (secondary N) is 1. The number of hydrazone groups is 1. The van der Waals surface area contributed by atoms with Crippen LogP contribution in [0.15, 0.2) is 23.3 Å². The first-order valence-electron chi connectivity index (χ1n) is 7.58. The zero-order chi connectivity index (χ0) is 16.6. The van der Waals surface area contributed by atoms with Gasteiger partial charge in [-0.2, -0.15) is 5.10 Å². The van der Waals surface area contributed by atoms with Crippen molar-refractivity contribution in [3.63, 3.8) is 0 Å². The quantitative estimate of drug-likeness (QED) is 0.648. The van der Waals surface area contributed by atoms with Gasteiger partial charge < -0.3 is 5.32 Å². The summed E-state index contributed by atoms with van der Waals surface area (Å²) in [7, 11) is 0. The Morgan fingerprint density at radius 3 is 2.70 bits per heavy atom. The van der Waals surface area contributed by atoms with E-state index in [1.807, 2.05) is 0 Å². The summed E-state index contributed by atoms with van der Waals surface area (Å²) in [6.45, 7) is 2.16. The molecule has 1 aromatic rings. The van der Waals surface area contributed by atoms with Gasteiger partial charge in [0.05, 0.1) is 16.3 Å². The lowest BCUT2D eigenvalue weighted by Crippen LogP contribution is -2.49. The second-order valence-corrected chi connectivity index (χ2v) is 6.98. The average Bonchev–Trinajstić information content (AvgIpc) is 2.75. The fourth-order valence-corrected chi connectivity index (χ4v) is 3.40. The van der Waals surface area contributed by atoms with Crippen LogP contribution < -0.4 is 5.32 Å². The number of nitrogens with zero attached hydrogens (tertiary/aromatic N) is 2. The molecule has 1 aliphatic carbocycles. The molecule has 1 N–H and O–H groups in total. The first-order valence-corrected chi connectivity index (χ1v) is 8.33. The number of hydrogen-bond donors (Lipinski definition) is 1. The first-order chi connectivity index (χ1) is 10.9. The lowest BCUT2D eigenvalue weighted by atomic mass is 9.77. The van der Waals surface area contributed by atoms with E-state index in [4.69, 9.17) is 23.2 Å². The van der Waals surface area contributed by atoms with Crippen molar-refractivity contribution in [2.24, 2.45) is 11.0 Å². The Labute approximate surface area is 144 Å². The van der Waals surface area contributed by atoms with E-state index in [0.29, 0.717) is 34.4 Å². The van der Waals surface area contributed by atoms with Crippen molar-refractivity contribution in [2.75, 3.05) is 0 Å². The van der Waals surface area contributed by atoms with Gasteiger partial charge in [-0.15, -0.1) is 5.01 Å². The van der Waals surface area contributed by atoms with Gasteiger partial charge in [-0.1, -0.05) is 42.3 Å². The van der Waals surface area contributed by atoms with E-state index >= 15 is 0 Å². The minimum atomic E-state index is -0.793. The number of amides is 3. The number of urea groups is 1. The number of carbonyl (C=O) groups excluding carboxylic acids is 2. The maximum atomic E-state index is 12.6. The van der Waals surface area contributed by atoms with E-state index in [9.17, 15) is 9.59 Å². The maximum absolute atomic E-state index is 12.6. The molecule has 1 aliphatic heterocycles. The summed E-state index contributed by atoms with van der Waals surface area (Å²) in [4.78, 5) is 24.8. The van der Waals surface area contributed by atoms with E-state index < -0.39 is 11.6 Å². The van der Waals surface area contributed by atoms with Gasteiger partial charge in [0.2, 0.25) is 0 Å². The van der Waals surface area contributed by atoms with Crippen molar-refractivity contribution in [1.29, 1.82) is 0 Å². The lowest BCUT2D eigenvalue weighted by molar-refractivity contribution is -0.132. The van der Waals surface area contributed by atoms with Gasteiger partial charge >= 0.3 is 6.03 Å². The molecule has 122 valence electrons. The van der Waals surface area contributed by atoms with Crippen LogP contribution in [0.3, 0.4) is 0 Å². The van der Waals surface area contributed by atoms with Crippen LogP contribution in [-0.4, -0.2) is 28.7 Å². The van der Waals surface area contributed by atoms with Crippen LogP contribution in [0, 0.1) is 5.92 Å². The van der Waals surface area contributed by atoms with E-state index in [2.05, 4.69) is 17.3 Å². The van der Waals surface area contributed by atoms with Crippen molar-refractivity contribution < 1.29 is 9.59 Å². The summed E-state index contributed by atoms with van der Waals surface area (Å²) in [5.41, 5.74) is -0.239. The molecular weight excluding hydrogens is 337 g/mol. The molecule has 0 radical (unpaired) electrons. The van der Waals surface area contributed by atoms with Crippen molar-refractivity contribution >= 4 is 41.4 Å². The fraction of sp³-hybridized carbons (Fsp3) is 0.438. The van der Waals surface area contributed by atoms with Crippen LogP contribution in [0.2, 0.25) is 10.0 Å². The Morgan fingerprint density at radius 2 is 2.00 bits per heavy atom. The first kappa shape index (κ1) is 16.3. The summed E-state index contributed by atoms with van der Waals surface area (Å²) in [6, 6.07) is 4.62. The summed E-state index contributed by atoms with van der Waals surface area (Å²) < 4.78 is 0. The number of carbonyl (C=O) groups is 2. The van der Waals surface area contributed by atoms with Crippen LogP contribution in [0.4, 0.5) is 4.79 Å². The molecule has 1 spiro atoms. The predicted octanol–water partition coefficient (Wildman–Crippen LogP) is 3.83. The number of hydrogen-bond acceptors (Lipinski definition) is 3. The SMILES string of the molecule is CC1CCC2(CC1)NC(=O)N(/N=C\c1cccc(Cl)c1Cl)C2=O. The van der Waals surface area contributed by atoms with Crippen LogP contribution >= 0.6 is 23.2 Å². The molecule has 2 aliphatic rings. The molecule has 1 saturated carbocycles. The Kier molecular flexibility index (Phi) is 4.34. The maximum Gasteiger partial charge on any atom is 0.346 e. The zero-order valence-electron chi connectivity index (χ0n) is 12.7. The minimum Gasteiger partial charge on any atom is -0.321 e. The van der Waals surface area contributed by atoms with Gasteiger partial charge in [0.25, 0.3) is 5.91 Å². The molecular formula is C16H17Cl2N3O2. The molecule has 5 nitrogen and oxygen atoms in total. The van der Waals surface area contributed by atoms with Crippen LogP contribution in [0.25, 0.3) is 0 Å². The van der Waals surface area contributed by atoms with Gasteiger partial charge in [0, 0.05) is 5.56 Å². The normalized spacial score (nSPS) is 28.0. The molecule has 1 heterocycles. The average molecular weight is 354 g/mol. The van der Waals surface area contributed by atoms with Gasteiger partial charge in [-0.25, -0.2) is 4.79 Å². The molecule has 3 amide bonds. The highest BCUT2D eigenvalue weighted by atomic mass is 35.5. The van der Waals surface area contributed by atoms with Crippen molar-refractivity contribution in [3.8, 4) is 0 Å². The van der Waals surface area contributed by atoms with Gasteiger partial charge in [-0.05, 0) is 37.7 Å². The van der Waals surface area contributed by atoms with E-state index in [-0.39, 0.29) is 5.91 Å². The molecule has 3 rings (SSSR count). The Bertz CT molecular complexity index is 682. The van der Waals surface area contributed by atoms with Crippen LogP contribution in [0.1, 0.15) is 38.2 Å². The molecule has 23 heavy (non-hydrogen) atoms. The highest BCUT2D eigenvalue weighted by Crippen LogP contribution is 2.36. The van der Waals surface area contributed by atoms with Crippen molar-refractivity contribution in [2.45, 2.75) is 38.1 Å². The van der Waals surface area contributed by atoms with Crippen LogP contribution in [-0.2, 0) is 4.79 Å². The van der Waals surface area contributed by atoms with Gasteiger partial charge in [0.15, 0.2) is 0 Å². The Hall–Kier alpha value is -1.59. The fourth-order valence-electron chi connectivity index (χ4n) is 3.04. The zero-order valence-corrected chi connectivity index (χ0v) is 14.2.